The first-order valence-corrected chi connectivity index (χ1v) is 9.72. The SMILES string of the molecule is C=CCC1(O)C(C)C(c2ccc(Cl)cc2)NC(c2ccc(Cl)cc2)C1C.Cl. The minimum atomic E-state index is -0.860. The van der Waals surface area contributed by atoms with Crippen molar-refractivity contribution in [3.63, 3.8) is 0 Å². The molecular formula is C22H26Cl3NO. The largest absolute Gasteiger partial charge is 0.389 e. The van der Waals surface area contributed by atoms with Crippen molar-refractivity contribution < 1.29 is 5.11 Å². The van der Waals surface area contributed by atoms with Crippen LogP contribution in [-0.2, 0) is 0 Å². The van der Waals surface area contributed by atoms with Gasteiger partial charge >= 0.3 is 0 Å². The van der Waals surface area contributed by atoms with Gasteiger partial charge in [-0.25, -0.2) is 0 Å². The van der Waals surface area contributed by atoms with E-state index in [0.717, 1.165) is 11.1 Å². The van der Waals surface area contributed by atoms with Crippen LogP contribution in [-0.4, -0.2) is 10.7 Å². The minimum absolute atomic E-state index is 0. The summed E-state index contributed by atoms with van der Waals surface area (Å²) in [5, 5.41) is 16.8. The van der Waals surface area contributed by atoms with Gasteiger partial charge in [0.25, 0.3) is 0 Å². The zero-order valence-corrected chi connectivity index (χ0v) is 17.9. The van der Waals surface area contributed by atoms with Crippen LogP contribution in [0.5, 0.6) is 0 Å². The average Bonchev–Trinajstić information content (AvgIpc) is 2.63. The lowest BCUT2D eigenvalue weighted by Crippen LogP contribution is -2.57. The van der Waals surface area contributed by atoms with Crippen molar-refractivity contribution in [2.45, 2.75) is 38.0 Å². The Balaban J connectivity index is 0.00000261. The first-order chi connectivity index (χ1) is 12.4. The molecule has 0 amide bonds. The molecule has 0 bridgehead atoms. The van der Waals surface area contributed by atoms with E-state index in [1.807, 2.05) is 54.6 Å². The molecule has 4 atom stereocenters. The first-order valence-electron chi connectivity index (χ1n) is 8.97. The molecule has 2 nitrogen and oxygen atoms in total. The molecule has 1 aliphatic rings. The molecule has 0 saturated carbocycles. The number of hydrogen-bond acceptors (Lipinski definition) is 2. The van der Waals surface area contributed by atoms with Crippen LogP contribution in [0.15, 0.2) is 61.2 Å². The van der Waals surface area contributed by atoms with Crippen LogP contribution in [0.3, 0.4) is 0 Å². The number of piperidine rings is 1. The second kappa shape index (κ2) is 8.98. The Hall–Kier alpha value is -1.03. The fourth-order valence-corrected chi connectivity index (χ4v) is 4.44. The zero-order chi connectivity index (χ0) is 18.9. The van der Waals surface area contributed by atoms with Gasteiger partial charge in [0.2, 0.25) is 0 Å². The molecule has 0 aliphatic carbocycles. The Labute approximate surface area is 178 Å². The van der Waals surface area contributed by atoms with Crippen molar-refractivity contribution in [2.75, 3.05) is 0 Å². The van der Waals surface area contributed by atoms with Gasteiger partial charge < -0.3 is 10.4 Å². The van der Waals surface area contributed by atoms with Gasteiger partial charge in [0, 0.05) is 34.0 Å². The standard InChI is InChI=1S/C22H25Cl2NO.ClH/c1-4-13-22(26)14(2)20(16-5-9-18(23)10-6-16)25-21(15(22)3)17-7-11-19(24)12-8-17;/h4-12,14-15,20-21,25-26H,1,13H2,2-3H3;1H. The molecule has 1 fully saturated rings. The molecule has 3 rings (SSSR count). The summed E-state index contributed by atoms with van der Waals surface area (Å²) in [5.41, 5.74) is 1.38. The lowest BCUT2D eigenvalue weighted by Gasteiger charge is -2.52. The second-order valence-corrected chi connectivity index (χ2v) is 8.16. The fourth-order valence-electron chi connectivity index (χ4n) is 4.19. The maximum atomic E-state index is 11.6. The number of halogens is 3. The summed E-state index contributed by atoms with van der Waals surface area (Å²) >= 11 is 12.1. The maximum absolute atomic E-state index is 11.6. The van der Waals surface area contributed by atoms with E-state index in [0.29, 0.717) is 16.5 Å². The van der Waals surface area contributed by atoms with Gasteiger partial charge in [-0.2, -0.15) is 0 Å². The van der Waals surface area contributed by atoms with Crippen molar-refractivity contribution in [3.05, 3.63) is 82.4 Å². The van der Waals surface area contributed by atoms with E-state index in [9.17, 15) is 5.11 Å². The van der Waals surface area contributed by atoms with Gasteiger partial charge in [0.15, 0.2) is 0 Å². The number of nitrogens with one attached hydrogen (secondary N) is 1. The van der Waals surface area contributed by atoms with E-state index in [4.69, 9.17) is 23.2 Å². The Morgan fingerprint density at radius 3 is 1.63 bits per heavy atom. The van der Waals surface area contributed by atoms with Crippen LogP contribution in [0.1, 0.15) is 43.5 Å². The summed E-state index contributed by atoms with van der Waals surface area (Å²) < 4.78 is 0. The normalized spacial score (nSPS) is 30.4. The molecule has 1 saturated heterocycles. The third-order valence-electron chi connectivity index (χ3n) is 5.87. The zero-order valence-electron chi connectivity index (χ0n) is 15.5. The van der Waals surface area contributed by atoms with Gasteiger partial charge in [0.05, 0.1) is 5.60 Å². The third kappa shape index (κ3) is 4.36. The second-order valence-electron chi connectivity index (χ2n) is 7.29. The van der Waals surface area contributed by atoms with Gasteiger partial charge in [-0.1, -0.05) is 67.4 Å². The summed E-state index contributed by atoms with van der Waals surface area (Å²) in [6.07, 6.45) is 2.36. The van der Waals surface area contributed by atoms with E-state index < -0.39 is 5.60 Å². The van der Waals surface area contributed by atoms with Crippen molar-refractivity contribution >= 4 is 35.6 Å². The van der Waals surface area contributed by atoms with Crippen molar-refractivity contribution in [3.8, 4) is 0 Å². The predicted octanol–water partition coefficient (Wildman–Crippen LogP) is 6.38. The van der Waals surface area contributed by atoms with Gasteiger partial charge in [0.1, 0.15) is 0 Å². The highest BCUT2D eigenvalue weighted by Crippen LogP contribution is 2.48. The number of hydrogen-bond donors (Lipinski definition) is 2. The summed E-state index contributed by atoms with van der Waals surface area (Å²) in [7, 11) is 0. The van der Waals surface area contributed by atoms with Crippen LogP contribution >= 0.6 is 35.6 Å². The molecule has 27 heavy (non-hydrogen) atoms. The molecule has 2 aromatic rings. The van der Waals surface area contributed by atoms with E-state index >= 15 is 0 Å². The van der Waals surface area contributed by atoms with Crippen LogP contribution in [0.2, 0.25) is 10.0 Å². The van der Waals surface area contributed by atoms with E-state index in [2.05, 4.69) is 25.7 Å². The third-order valence-corrected chi connectivity index (χ3v) is 6.37. The highest BCUT2D eigenvalue weighted by Gasteiger charge is 2.50. The van der Waals surface area contributed by atoms with Crippen LogP contribution in [0.4, 0.5) is 0 Å². The fraction of sp³-hybridized carbons (Fsp3) is 0.364. The van der Waals surface area contributed by atoms with Crippen LogP contribution in [0, 0.1) is 11.8 Å². The maximum Gasteiger partial charge on any atom is 0.0768 e. The molecular weight excluding hydrogens is 401 g/mol. The Morgan fingerprint density at radius 1 is 0.926 bits per heavy atom. The van der Waals surface area contributed by atoms with Gasteiger partial charge in [-0.15, -0.1) is 19.0 Å². The summed E-state index contributed by atoms with van der Waals surface area (Å²) in [4.78, 5) is 0. The molecule has 5 heteroatoms. The molecule has 0 spiro atoms. The molecule has 146 valence electrons. The smallest absolute Gasteiger partial charge is 0.0768 e. The summed E-state index contributed by atoms with van der Waals surface area (Å²) in [6, 6.07) is 15.7. The molecule has 0 radical (unpaired) electrons. The first kappa shape index (κ1) is 22.3. The topological polar surface area (TPSA) is 32.3 Å². The van der Waals surface area contributed by atoms with Crippen LogP contribution < -0.4 is 5.32 Å². The summed E-state index contributed by atoms with van der Waals surface area (Å²) in [5.74, 6) is 0.0282. The molecule has 1 aliphatic heterocycles. The highest BCUT2D eigenvalue weighted by molar-refractivity contribution is 6.30. The molecule has 4 unspecified atom stereocenters. The lowest BCUT2D eigenvalue weighted by molar-refractivity contribution is -0.108. The Kier molecular flexibility index (Phi) is 7.40. The molecule has 2 N–H and O–H groups in total. The highest BCUT2D eigenvalue weighted by atomic mass is 35.5. The van der Waals surface area contributed by atoms with Crippen LogP contribution in [0.25, 0.3) is 0 Å². The number of rotatable bonds is 4. The number of aliphatic hydroxyl groups is 1. The average molecular weight is 427 g/mol. The summed E-state index contributed by atoms with van der Waals surface area (Å²) in [6.45, 7) is 8.08. The van der Waals surface area contributed by atoms with E-state index in [1.54, 1.807) is 0 Å². The van der Waals surface area contributed by atoms with Gasteiger partial charge in [-0.05, 0) is 41.8 Å². The quantitative estimate of drug-likeness (QED) is 0.556. The van der Waals surface area contributed by atoms with E-state index in [1.165, 1.54) is 0 Å². The lowest BCUT2D eigenvalue weighted by atomic mass is 9.65. The molecule has 0 aromatic heterocycles. The van der Waals surface area contributed by atoms with Crippen molar-refractivity contribution in [1.29, 1.82) is 0 Å². The number of benzene rings is 2. The monoisotopic (exact) mass is 425 g/mol. The Morgan fingerprint density at radius 2 is 1.30 bits per heavy atom. The van der Waals surface area contributed by atoms with Crippen molar-refractivity contribution in [2.24, 2.45) is 11.8 Å². The Bertz CT molecular complexity index is 703. The van der Waals surface area contributed by atoms with Crippen molar-refractivity contribution in [1.82, 2.24) is 5.32 Å². The van der Waals surface area contributed by atoms with E-state index in [-0.39, 0.29) is 36.3 Å². The molecule has 2 aromatic carbocycles. The minimum Gasteiger partial charge on any atom is -0.389 e. The predicted molar refractivity (Wildman–Crippen MR) is 117 cm³/mol. The van der Waals surface area contributed by atoms with Gasteiger partial charge in [-0.3, -0.25) is 0 Å². The molecule has 1 heterocycles.